The van der Waals surface area contributed by atoms with Crippen molar-refractivity contribution in [3.05, 3.63) is 45.2 Å². The summed E-state index contributed by atoms with van der Waals surface area (Å²) in [7, 11) is 0. The van der Waals surface area contributed by atoms with E-state index in [0.29, 0.717) is 0 Å². The first-order valence-electron chi connectivity index (χ1n) is 5.74. The Hall–Kier alpha value is -1.89. The monoisotopic (exact) mass is 300 g/mol. The van der Waals surface area contributed by atoms with Crippen molar-refractivity contribution < 1.29 is 18.0 Å². The number of nitrogens with one attached hydrogen (secondary N) is 1. The first kappa shape index (κ1) is 14.5. The Morgan fingerprint density at radius 2 is 1.95 bits per heavy atom. The third kappa shape index (κ3) is 2.98. The molecule has 0 saturated heterocycles. The Balaban J connectivity index is 2.13. The summed E-state index contributed by atoms with van der Waals surface area (Å²) >= 11 is 1.36. The molecule has 1 aromatic heterocycles. The largest absolute Gasteiger partial charge is 0.323 e. The Labute approximate surface area is 117 Å². The number of benzene rings is 1. The van der Waals surface area contributed by atoms with Gasteiger partial charge in [0, 0.05) is 4.88 Å². The minimum atomic E-state index is -1.60. The molecule has 0 fully saturated rings. The molecule has 0 aliphatic carbocycles. The number of hydrogen-bond donors (Lipinski definition) is 1. The van der Waals surface area contributed by atoms with E-state index in [0.717, 1.165) is 27.7 Å². The van der Waals surface area contributed by atoms with Gasteiger partial charge in [0.05, 0.1) is 22.8 Å². The molecule has 0 aliphatic heterocycles. The number of rotatable bonds is 3. The first-order valence-corrected chi connectivity index (χ1v) is 6.56. The average molecular weight is 300 g/mol. The van der Waals surface area contributed by atoms with Crippen molar-refractivity contribution in [1.82, 2.24) is 4.98 Å². The summed E-state index contributed by atoms with van der Waals surface area (Å²) < 4.78 is 39.2. The molecule has 2 rings (SSSR count). The highest BCUT2D eigenvalue weighted by molar-refractivity contribution is 7.11. The number of thiazole rings is 1. The topological polar surface area (TPSA) is 42.0 Å². The predicted octanol–water partition coefficient (Wildman–Crippen LogP) is 3.36. The lowest BCUT2D eigenvalue weighted by Gasteiger charge is -2.06. The van der Waals surface area contributed by atoms with E-state index >= 15 is 0 Å². The van der Waals surface area contributed by atoms with E-state index in [4.69, 9.17) is 0 Å². The van der Waals surface area contributed by atoms with Gasteiger partial charge in [0.25, 0.3) is 0 Å². The van der Waals surface area contributed by atoms with Crippen LogP contribution in [0, 0.1) is 31.3 Å². The van der Waals surface area contributed by atoms with Crippen LogP contribution in [0.15, 0.2) is 12.1 Å². The Bertz CT molecular complexity index is 670. The molecule has 7 heteroatoms. The SMILES string of the molecule is Cc1nc(C)c(CC(=O)Nc2ccc(F)c(F)c2F)s1. The summed E-state index contributed by atoms with van der Waals surface area (Å²) in [6.45, 7) is 3.58. The quantitative estimate of drug-likeness (QED) is 0.883. The van der Waals surface area contributed by atoms with Crippen LogP contribution in [0.3, 0.4) is 0 Å². The Morgan fingerprint density at radius 3 is 2.55 bits per heavy atom. The summed E-state index contributed by atoms with van der Waals surface area (Å²) in [5, 5.41) is 3.04. The molecule has 0 unspecified atom stereocenters. The molecular formula is C13H11F3N2OS. The normalized spacial score (nSPS) is 10.7. The summed E-state index contributed by atoms with van der Waals surface area (Å²) in [5.74, 6) is -4.82. The van der Waals surface area contributed by atoms with E-state index in [-0.39, 0.29) is 12.1 Å². The molecule has 0 radical (unpaired) electrons. The van der Waals surface area contributed by atoms with Crippen LogP contribution >= 0.6 is 11.3 Å². The zero-order valence-corrected chi connectivity index (χ0v) is 11.6. The summed E-state index contributed by atoms with van der Waals surface area (Å²) in [6, 6.07) is 1.74. The van der Waals surface area contributed by atoms with Crippen LogP contribution in [-0.4, -0.2) is 10.9 Å². The van der Waals surface area contributed by atoms with Gasteiger partial charge in [0.1, 0.15) is 0 Å². The lowest BCUT2D eigenvalue weighted by Crippen LogP contribution is -2.16. The minimum Gasteiger partial charge on any atom is -0.323 e. The second-order valence-electron chi connectivity index (χ2n) is 4.19. The van der Waals surface area contributed by atoms with Crippen molar-refractivity contribution in [2.45, 2.75) is 20.3 Å². The van der Waals surface area contributed by atoms with Gasteiger partial charge in [0.2, 0.25) is 5.91 Å². The van der Waals surface area contributed by atoms with Gasteiger partial charge in [-0.3, -0.25) is 4.79 Å². The molecule has 106 valence electrons. The second-order valence-corrected chi connectivity index (χ2v) is 5.48. The second kappa shape index (κ2) is 5.62. The van der Waals surface area contributed by atoms with Crippen LogP contribution in [0.25, 0.3) is 0 Å². The summed E-state index contributed by atoms with van der Waals surface area (Å²) in [5.41, 5.74) is 0.348. The maximum Gasteiger partial charge on any atom is 0.229 e. The van der Waals surface area contributed by atoms with E-state index in [9.17, 15) is 18.0 Å². The molecule has 20 heavy (non-hydrogen) atoms. The number of anilines is 1. The maximum atomic E-state index is 13.4. The molecule has 2 aromatic rings. The lowest BCUT2D eigenvalue weighted by atomic mass is 10.2. The van der Waals surface area contributed by atoms with E-state index in [1.165, 1.54) is 11.3 Å². The van der Waals surface area contributed by atoms with Crippen LogP contribution in [-0.2, 0) is 11.2 Å². The van der Waals surface area contributed by atoms with Crippen LogP contribution in [0.1, 0.15) is 15.6 Å². The fourth-order valence-corrected chi connectivity index (χ4v) is 2.64. The molecule has 1 amide bonds. The van der Waals surface area contributed by atoms with Crippen LogP contribution in [0.2, 0.25) is 0 Å². The van der Waals surface area contributed by atoms with E-state index < -0.39 is 23.4 Å². The van der Waals surface area contributed by atoms with Gasteiger partial charge in [-0.15, -0.1) is 11.3 Å². The Kier molecular flexibility index (Phi) is 4.08. The van der Waals surface area contributed by atoms with Gasteiger partial charge in [0.15, 0.2) is 17.5 Å². The van der Waals surface area contributed by atoms with Gasteiger partial charge in [-0.1, -0.05) is 0 Å². The van der Waals surface area contributed by atoms with Gasteiger partial charge in [-0.2, -0.15) is 0 Å². The highest BCUT2D eigenvalue weighted by atomic mass is 32.1. The number of aromatic nitrogens is 1. The van der Waals surface area contributed by atoms with Gasteiger partial charge < -0.3 is 5.32 Å². The van der Waals surface area contributed by atoms with Gasteiger partial charge in [-0.05, 0) is 26.0 Å². The van der Waals surface area contributed by atoms with Gasteiger partial charge >= 0.3 is 0 Å². The molecule has 1 N–H and O–H groups in total. The standard InChI is InChI=1S/C13H11F3N2OS/c1-6-10(20-7(2)17-6)5-11(19)18-9-4-3-8(14)12(15)13(9)16/h3-4H,5H2,1-2H3,(H,18,19). The number of hydrogen-bond acceptors (Lipinski definition) is 3. The molecule has 1 aromatic carbocycles. The highest BCUT2D eigenvalue weighted by Gasteiger charge is 2.16. The molecule has 0 aliphatic rings. The van der Waals surface area contributed by atoms with Crippen LogP contribution in [0.4, 0.5) is 18.9 Å². The summed E-state index contributed by atoms with van der Waals surface area (Å²) in [6.07, 6.45) is 0.00970. The van der Waals surface area contributed by atoms with Crippen molar-refractivity contribution in [2.75, 3.05) is 5.32 Å². The van der Waals surface area contributed by atoms with Crippen LogP contribution < -0.4 is 5.32 Å². The number of amides is 1. The maximum absolute atomic E-state index is 13.4. The highest BCUT2D eigenvalue weighted by Crippen LogP contribution is 2.21. The number of nitrogens with zero attached hydrogens (tertiary/aromatic N) is 1. The third-order valence-electron chi connectivity index (χ3n) is 2.63. The molecule has 1 heterocycles. The van der Waals surface area contributed by atoms with Crippen LogP contribution in [0.5, 0.6) is 0 Å². The molecule has 0 spiro atoms. The Morgan fingerprint density at radius 1 is 1.25 bits per heavy atom. The van der Waals surface area contributed by atoms with Crippen molar-refractivity contribution >= 4 is 22.9 Å². The van der Waals surface area contributed by atoms with Gasteiger partial charge in [-0.25, -0.2) is 18.2 Å². The lowest BCUT2D eigenvalue weighted by molar-refractivity contribution is -0.115. The summed E-state index contributed by atoms with van der Waals surface area (Å²) in [4.78, 5) is 16.7. The zero-order valence-electron chi connectivity index (χ0n) is 10.8. The first-order chi connectivity index (χ1) is 9.38. The minimum absolute atomic E-state index is 0.00970. The molecule has 0 saturated carbocycles. The molecule has 0 atom stereocenters. The smallest absolute Gasteiger partial charge is 0.229 e. The van der Waals surface area contributed by atoms with Crippen molar-refractivity contribution in [3.63, 3.8) is 0 Å². The molecule has 0 bridgehead atoms. The third-order valence-corrected chi connectivity index (χ3v) is 3.70. The fourth-order valence-electron chi connectivity index (χ4n) is 1.70. The van der Waals surface area contributed by atoms with E-state index in [2.05, 4.69) is 10.3 Å². The van der Waals surface area contributed by atoms with E-state index in [1.807, 2.05) is 6.92 Å². The average Bonchev–Trinajstić information content (AvgIpc) is 2.68. The number of aryl methyl sites for hydroxylation is 2. The predicted molar refractivity (Wildman–Crippen MR) is 70.2 cm³/mol. The number of carbonyl (C=O) groups excluding carboxylic acids is 1. The number of halogens is 3. The van der Waals surface area contributed by atoms with Crippen molar-refractivity contribution in [1.29, 1.82) is 0 Å². The van der Waals surface area contributed by atoms with Crippen molar-refractivity contribution in [2.24, 2.45) is 0 Å². The van der Waals surface area contributed by atoms with E-state index in [1.54, 1.807) is 6.92 Å². The van der Waals surface area contributed by atoms with Crippen molar-refractivity contribution in [3.8, 4) is 0 Å². The zero-order chi connectivity index (χ0) is 14.9. The molecular weight excluding hydrogens is 289 g/mol. The molecule has 3 nitrogen and oxygen atoms in total. The fraction of sp³-hybridized carbons (Fsp3) is 0.231. The number of carbonyl (C=O) groups is 1.